The molecular weight excluding hydrogens is 246 g/mol. The molecule has 0 bridgehead atoms. The van der Waals surface area contributed by atoms with Crippen molar-refractivity contribution in [3.8, 4) is 5.75 Å². The van der Waals surface area contributed by atoms with Crippen LogP contribution >= 0.6 is 0 Å². The maximum Gasteiger partial charge on any atom is 0.257 e. The predicted molar refractivity (Wildman–Crippen MR) is 72.0 cm³/mol. The fourth-order valence-electron chi connectivity index (χ4n) is 2.08. The molecule has 1 fully saturated rings. The van der Waals surface area contributed by atoms with Crippen molar-refractivity contribution in [1.82, 2.24) is 4.90 Å². The van der Waals surface area contributed by atoms with E-state index in [1.165, 1.54) is 19.2 Å². The second kappa shape index (κ2) is 5.17. The van der Waals surface area contributed by atoms with Crippen LogP contribution in [0, 0.1) is 0 Å². The summed E-state index contributed by atoms with van der Waals surface area (Å²) in [7, 11) is 1.47. The van der Waals surface area contributed by atoms with Gasteiger partial charge in [-0.3, -0.25) is 9.59 Å². The molecule has 2 rings (SSSR count). The zero-order valence-electron chi connectivity index (χ0n) is 10.8. The number of hydrogen-bond donors (Lipinski definition) is 2. The molecule has 0 aliphatic carbocycles. The van der Waals surface area contributed by atoms with E-state index in [1.54, 1.807) is 4.90 Å². The molecule has 6 nitrogen and oxygen atoms in total. The number of methoxy groups -OCH3 is 1. The summed E-state index contributed by atoms with van der Waals surface area (Å²) >= 11 is 0. The number of ketones is 1. The summed E-state index contributed by atoms with van der Waals surface area (Å²) in [5.41, 5.74) is 12.5. The monoisotopic (exact) mass is 263 g/mol. The molecule has 1 aromatic rings. The van der Waals surface area contributed by atoms with Gasteiger partial charge in [0.1, 0.15) is 11.5 Å². The van der Waals surface area contributed by atoms with Gasteiger partial charge in [-0.2, -0.15) is 0 Å². The summed E-state index contributed by atoms with van der Waals surface area (Å²) in [6, 6.07) is 3.06. The second-order valence-electron chi connectivity index (χ2n) is 4.51. The molecule has 0 spiro atoms. The molecule has 1 saturated heterocycles. The number of ether oxygens (including phenoxy) is 1. The lowest BCUT2D eigenvalue weighted by atomic mass is 10.1. The Kier molecular flexibility index (Phi) is 3.59. The van der Waals surface area contributed by atoms with Crippen molar-refractivity contribution in [2.45, 2.75) is 12.8 Å². The Morgan fingerprint density at radius 3 is 2.37 bits per heavy atom. The molecule has 0 saturated carbocycles. The van der Waals surface area contributed by atoms with Gasteiger partial charge in [0.25, 0.3) is 5.91 Å². The minimum Gasteiger partial charge on any atom is -0.496 e. The van der Waals surface area contributed by atoms with E-state index in [4.69, 9.17) is 16.2 Å². The summed E-state index contributed by atoms with van der Waals surface area (Å²) in [6.45, 7) is 0.871. The van der Waals surface area contributed by atoms with Crippen molar-refractivity contribution in [3.63, 3.8) is 0 Å². The number of nitrogen functional groups attached to an aromatic ring is 2. The van der Waals surface area contributed by atoms with Crippen LogP contribution in [0.1, 0.15) is 23.2 Å². The van der Waals surface area contributed by atoms with Gasteiger partial charge in [-0.1, -0.05) is 0 Å². The summed E-state index contributed by atoms with van der Waals surface area (Å²) in [6.07, 6.45) is 0.803. The van der Waals surface area contributed by atoms with Crippen LogP contribution in [0.2, 0.25) is 0 Å². The first-order valence-electron chi connectivity index (χ1n) is 6.07. The van der Waals surface area contributed by atoms with Crippen molar-refractivity contribution < 1.29 is 14.3 Å². The van der Waals surface area contributed by atoms with E-state index >= 15 is 0 Å². The number of carbonyl (C=O) groups excluding carboxylic acids is 2. The van der Waals surface area contributed by atoms with Crippen molar-refractivity contribution in [2.75, 3.05) is 31.7 Å². The molecular formula is C13H17N3O3. The van der Waals surface area contributed by atoms with E-state index in [2.05, 4.69) is 0 Å². The van der Waals surface area contributed by atoms with Gasteiger partial charge in [-0.15, -0.1) is 0 Å². The van der Waals surface area contributed by atoms with Gasteiger partial charge in [0, 0.05) is 32.0 Å². The first kappa shape index (κ1) is 13.2. The highest BCUT2D eigenvalue weighted by Crippen LogP contribution is 2.28. The first-order valence-corrected chi connectivity index (χ1v) is 6.07. The number of likely N-dealkylation sites (tertiary alicyclic amines) is 1. The summed E-state index contributed by atoms with van der Waals surface area (Å²) < 4.78 is 5.16. The zero-order chi connectivity index (χ0) is 14.0. The molecule has 1 aliphatic rings. The van der Waals surface area contributed by atoms with E-state index in [9.17, 15) is 9.59 Å². The molecule has 0 atom stereocenters. The molecule has 0 radical (unpaired) electrons. The molecule has 1 aliphatic heterocycles. The number of benzene rings is 1. The number of anilines is 2. The number of Topliss-reactive ketones (excluding diaryl/α,β-unsaturated/α-hetero) is 1. The third-order valence-corrected chi connectivity index (χ3v) is 3.24. The van der Waals surface area contributed by atoms with Crippen molar-refractivity contribution in [1.29, 1.82) is 0 Å². The molecule has 0 unspecified atom stereocenters. The molecule has 1 amide bonds. The number of rotatable bonds is 2. The number of hydrogen-bond acceptors (Lipinski definition) is 5. The van der Waals surface area contributed by atoms with Crippen LogP contribution in [0.3, 0.4) is 0 Å². The number of nitrogens with two attached hydrogens (primary N) is 2. The Morgan fingerprint density at radius 2 is 1.79 bits per heavy atom. The minimum atomic E-state index is -0.184. The summed E-state index contributed by atoms with van der Waals surface area (Å²) in [5, 5.41) is 0. The predicted octanol–water partition coefficient (Wildman–Crippen LogP) is 0.665. The van der Waals surface area contributed by atoms with E-state index in [0.29, 0.717) is 48.6 Å². The van der Waals surface area contributed by atoms with Gasteiger partial charge in [0.2, 0.25) is 0 Å². The maximum absolute atomic E-state index is 12.4. The highest BCUT2D eigenvalue weighted by atomic mass is 16.5. The number of piperidine rings is 1. The standard InChI is InChI=1S/C13H17N3O3/c1-19-12-7-11(15)10(14)6-9(12)13(18)16-4-2-8(17)3-5-16/h6-7H,2-5,14-15H2,1H3. The Labute approximate surface area is 111 Å². The average molecular weight is 263 g/mol. The Bertz CT molecular complexity index is 518. The summed E-state index contributed by atoms with van der Waals surface area (Å²) in [4.78, 5) is 25.2. The second-order valence-corrected chi connectivity index (χ2v) is 4.51. The molecule has 1 aromatic carbocycles. The summed E-state index contributed by atoms with van der Waals surface area (Å²) in [5.74, 6) is 0.400. The maximum atomic E-state index is 12.4. The van der Waals surface area contributed by atoms with Crippen LogP contribution in [0.4, 0.5) is 11.4 Å². The molecule has 6 heteroatoms. The van der Waals surface area contributed by atoms with Gasteiger partial charge in [-0.05, 0) is 6.07 Å². The smallest absolute Gasteiger partial charge is 0.257 e. The normalized spacial score (nSPS) is 15.4. The number of nitrogens with zero attached hydrogens (tertiary/aromatic N) is 1. The molecule has 1 heterocycles. The van der Waals surface area contributed by atoms with E-state index in [-0.39, 0.29) is 11.7 Å². The van der Waals surface area contributed by atoms with Gasteiger partial charge < -0.3 is 21.1 Å². The first-order chi connectivity index (χ1) is 9.02. The van der Waals surface area contributed by atoms with Crippen LogP contribution in [0.25, 0.3) is 0 Å². The molecule has 0 aromatic heterocycles. The highest BCUT2D eigenvalue weighted by Gasteiger charge is 2.24. The van der Waals surface area contributed by atoms with Gasteiger partial charge in [-0.25, -0.2) is 0 Å². The number of carbonyl (C=O) groups is 2. The third kappa shape index (κ3) is 2.62. The fourth-order valence-corrected chi connectivity index (χ4v) is 2.08. The molecule has 19 heavy (non-hydrogen) atoms. The van der Waals surface area contributed by atoms with Crippen LogP contribution in [-0.2, 0) is 4.79 Å². The van der Waals surface area contributed by atoms with Crippen LogP contribution < -0.4 is 16.2 Å². The van der Waals surface area contributed by atoms with Gasteiger partial charge in [0.05, 0.1) is 24.0 Å². The quantitative estimate of drug-likeness (QED) is 0.764. The topological polar surface area (TPSA) is 98.7 Å². The highest BCUT2D eigenvalue weighted by molar-refractivity contribution is 5.99. The SMILES string of the molecule is COc1cc(N)c(N)cc1C(=O)N1CCC(=O)CC1. The zero-order valence-corrected chi connectivity index (χ0v) is 10.8. The van der Waals surface area contributed by atoms with Crippen LogP contribution in [-0.4, -0.2) is 36.8 Å². The minimum absolute atomic E-state index is 0.184. The Balaban J connectivity index is 2.28. The van der Waals surface area contributed by atoms with E-state index < -0.39 is 0 Å². The largest absolute Gasteiger partial charge is 0.496 e. The lowest BCUT2D eigenvalue weighted by Crippen LogP contribution is -2.38. The van der Waals surface area contributed by atoms with E-state index in [1.807, 2.05) is 0 Å². The van der Waals surface area contributed by atoms with Crippen molar-refractivity contribution in [2.24, 2.45) is 0 Å². The lowest BCUT2D eigenvalue weighted by molar-refractivity contribution is -0.120. The van der Waals surface area contributed by atoms with Crippen molar-refractivity contribution >= 4 is 23.1 Å². The lowest BCUT2D eigenvalue weighted by Gasteiger charge is -2.26. The van der Waals surface area contributed by atoms with Crippen molar-refractivity contribution in [3.05, 3.63) is 17.7 Å². The van der Waals surface area contributed by atoms with E-state index in [0.717, 1.165) is 0 Å². The Morgan fingerprint density at radius 1 is 1.21 bits per heavy atom. The van der Waals surface area contributed by atoms with Crippen LogP contribution in [0.15, 0.2) is 12.1 Å². The molecule has 102 valence electrons. The van der Waals surface area contributed by atoms with Gasteiger partial charge >= 0.3 is 0 Å². The Hall–Kier alpha value is -2.24. The average Bonchev–Trinajstić information content (AvgIpc) is 2.41. The van der Waals surface area contributed by atoms with Gasteiger partial charge in [0.15, 0.2) is 0 Å². The fraction of sp³-hybridized carbons (Fsp3) is 0.385. The van der Waals surface area contributed by atoms with Crippen LogP contribution in [0.5, 0.6) is 5.75 Å². The molecule has 4 N–H and O–H groups in total. The number of amides is 1. The third-order valence-electron chi connectivity index (χ3n) is 3.24.